The van der Waals surface area contributed by atoms with Crippen LogP contribution in [0, 0.1) is 12.8 Å². The number of aliphatic carboxylic acids is 1. The maximum Gasteiger partial charge on any atom is 0.416 e. The van der Waals surface area contributed by atoms with Gasteiger partial charge in [-0.05, 0) is 77.9 Å². The van der Waals surface area contributed by atoms with Gasteiger partial charge < -0.3 is 15.2 Å². The molecule has 3 aromatic rings. The second kappa shape index (κ2) is 11.7. The van der Waals surface area contributed by atoms with Gasteiger partial charge in [0.15, 0.2) is 0 Å². The van der Waals surface area contributed by atoms with Crippen molar-refractivity contribution in [3.8, 4) is 16.9 Å². The fourth-order valence-corrected chi connectivity index (χ4v) is 3.72. The third-order valence-corrected chi connectivity index (χ3v) is 5.73. The van der Waals surface area contributed by atoms with Gasteiger partial charge >= 0.3 is 12.1 Å². The number of carboxylic acid groups (broad SMARTS) is 1. The molecule has 0 aliphatic rings. The van der Waals surface area contributed by atoms with Gasteiger partial charge in [0.2, 0.25) is 0 Å². The van der Waals surface area contributed by atoms with E-state index >= 15 is 0 Å². The highest BCUT2D eigenvalue weighted by Crippen LogP contribution is 2.31. The Kier molecular flexibility index (Phi) is 8.74. The number of hydrogen-bond acceptors (Lipinski definition) is 3. The van der Waals surface area contributed by atoms with E-state index in [4.69, 9.17) is 9.84 Å². The molecule has 0 aliphatic carbocycles. The Morgan fingerprint density at radius 3 is 2.19 bits per heavy atom. The third-order valence-electron chi connectivity index (χ3n) is 5.73. The zero-order chi connectivity index (χ0) is 26.3. The van der Waals surface area contributed by atoms with Gasteiger partial charge in [-0.15, -0.1) is 0 Å². The van der Waals surface area contributed by atoms with Gasteiger partial charge in [-0.25, -0.2) is 0 Å². The molecule has 0 spiro atoms. The molecule has 3 rings (SSSR count). The van der Waals surface area contributed by atoms with Crippen molar-refractivity contribution in [1.29, 1.82) is 0 Å². The van der Waals surface area contributed by atoms with Crippen molar-refractivity contribution >= 4 is 11.9 Å². The first-order chi connectivity index (χ1) is 17.0. The average molecular weight is 500 g/mol. The predicted octanol–water partition coefficient (Wildman–Crippen LogP) is 6.14. The summed E-state index contributed by atoms with van der Waals surface area (Å²) in [5.41, 5.74) is 3.54. The molecule has 5 nitrogen and oxygen atoms in total. The van der Waals surface area contributed by atoms with Crippen molar-refractivity contribution in [3.05, 3.63) is 89.0 Å². The number of aryl methyl sites for hydroxylation is 1. The van der Waals surface area contributed by atoms with Crippen molar-refractivity contribution in [1.82, 2.24) is 5.32 Å². The van der Waals surface area contributed by atoms with Crippen LogP contribution in [0.2, 0.25) is 0 Å². The number of halogens is 3. The molecule has 36 heavy (non-hydrogen) atoms. The van der Waals surface area contributed by atoms with Gasteiger partial charge in [-0.3, -0.25) is 9.59 Å². The number of carboxylic acids is 1. The molecular weight excluding hydrogens is 471 g/mol. The molecule has 1 amide bonds. The van der Waals surface area contributed by atoms with E-state index in [1.165, 1.54) is 12.1 Å². The first-order valence-corrected chi connectivity index (χ1v) is 11.5. The minimum absolute atomic E-state index is 0.0642. The quantitative estimate of drug-likeness (QED) is 0.351. The van der Waals surface area contributed by atoms with Gasteiger partial charge in [0.1, 0.15) is 5.75 Å². The minimum atomic E-state index is -4.35. The molecule has 1 unspecified atom stereocenters. The SMILES string of the molecule is Cc1cc(-c2ccc(C(F)(F)F)cc2)ccc1CC(C)COc1ccc(C(=O)NCCC(=O)O)cc1. The summed E-state index contributed by atoms with van der Waals surface area (Å²) in [5, 5.41) is 11.2. The molecular formula is C28H28F3NO4. The van der Waals surface area contributed by atoms with E-state index in [2.05, 4.69) is 12.2 Å². The van der Waals surface area contributed by atoms with Crippen LogP contribution in [-0.4, -0.2) is 30.1 Å². The molecule has 3 aromatic carbocycles. The first kappa shape index (κ1) is 26.8. The van der Waals surface area contributed by atoms with Crippen molar-refractivity contribution in [2.24, 2.45) is 5.92 Å². The maximum absolute atomic E-state index is 12.8. The molecule has 8 heteroatoms. The number of carbonyl (C=O) groups excluding carboxylic acids is 1. The lowest BCUT2D eigenvalue weighted by Crippen LogP contribution is -2.25. The molecule has 2 N–H and O–H groups in total. The van der Waals surface area contributed by atoms with Crippen LogP contribution in [0.25, 0.3) is 11.1 Å². The summed E-state index contributed by atoms with van der Waals surface area (Å²) in [6.07, 6.45) is -3.72. The lowest BCUT2D eigenvalue weighted by Gasteiger charge is -2.16. The predicted molar refractivity (Wildman–Crippen MR) is 131 cm³/mol. The topological polar surface area (TPSA) is 75.6 Å². The Hall–Kier alpha value is -3.81. The average Bonchev–Trinajstić information content (AvgIpc) is 2.83. The van der Waals surface area contributed by atoms with Crippen LogP contribution in [0.5, 0.6) is 5.75 Å². The molecule has 0 radical (unpaired) electrons. The molecule has 0 saturated carbocycles. The van der Waals surface area contributed by atoms with Crippen molar-refractivity contribution in [2.45, 2.75) is 32.9 Å². The van der Waals surface area contributed by atoms with Crippen LogP contribution in [0.4, 0.5) is 13.2 Å². The summed E-state index contributed by atoms with van der Waals surface area (Å²) in [6.45, 7) is 4.57. The highest BCUT2D eigenvalue weighted by molar-refractivity contribution is 5.94. The number of benzene rings is 3. The van der Waals surface area contributed by atoms with Crippen molar-refractivity contribution in [2.75, 3.05) is 13.2 Å². The first-order valence-electron chi connectivity index (χ1n) is 11.5. The zero-order valence-electron chi connectivity index (χ0n) is 20.1. The van der Waals surface area contributed by atoms with Crippen molar-refractivity contribution in [3.63, 3.8) is 0 Å². The summed E-state index contributed by atoms with van der Waals surface area (Å²) in [4.78, 5) is 22.6. The van der Waals surface area contributed by atoms with Crippen molar-refractivity contribution < 1.29 is 32.6 Å². The van der Waals surface area contributed by atoms with Gasteiger partial charge in [0.25, 0.3) is 5.91 Å². The lowest BCUT2D eigenvalue weighted by molar-refractivity contribution is -0.138. The monoisotopic (exact) mass is 499 g/mol. The van der Waals surface area contributed by atoms with E-state index in [1.54, 1.807) is 24.3 Å². The molecule has 1 atom stereocenters. The fourth-order valence-electron chi connectivity index (χ4n) is 3.72. The number of amides is 1. The standard InChI is InChI=1S/C28H28F3NO4/c1-18(17-36-25-11-7-21(8-12-25)27(35)32-14-13-26(33)34)15-22-3-4-23(16-19(22)2)20-5-9-24(10-6-20)28(29,30)31/h3-12,16,18H,13-15,17H2,1-2H3,(H,32,35)(H,33,34). The summed E-state index contributed by atoms with van der Waals surface area (Å²) in [5.74, 6) is -0.497. The Morgan fingerprint density at radius 1 is 0.972 bits per heavy atom. The number of rotatable bonds is 10. The second-order valence-electron chi connectivity index (χ2n) is 8.76. The number of ether oxygens (including phenoxy) is 1. The summed E-state index contributed by atoms with van der Waals surface area (Å²) in [6, 6.07) is 17.7. The Bertz CT molecular complexity index is 1190. The lowest BCUT2D eigenvalue weighted by atomic mass is 9.94. The Labute approximate surface area is 207 Å². The van der Waals surface area contributed by atoms with E-state index in [0.717, 1.165) is 40.8 Å². The van der Waals surface area contributed by atoms with Gasteiger partial charge in [-0.2, -0.15) is 13.2 Å². The van der Waals surface area contributed by atoms with Gasteiger partial charge in [-0.1, -0.05) is 37.3 Å². The third kappa shape index (κ3) is 7.60. The van der Waals surface area contributed by atoms with Crippen LogP contribution in [-0.2, 0) is 17.4 Å². The second-order valence-corrected chi connectivity index (χ2v) is 8.76. The van der Waals surface area contributed by atoms with Crippen LogP contribution < -0.4 is 10.1 Å². The van der Waals surface area contributed by atoms with Gasteiger partial charge in [0, 0.05) is 12.1 Å². The molecule has 0 aromatic heterocycles. The van der Waals surface area contributed by atoms with Crippen LogP contribution in [0.15, 0.2) is 66.7 Å². The normalized spacial score (nSPS) is 12.1. The Morgan fingerprint density at radius 2 is 1.61 bits per heavy atom. The number of alkyl halides is 3. The van der Waals surface area contributed by atoms with E-state index in [-0.39, 0.29) is 24.8 Å². The highest BCUT2D eigenvalue weighted by Gasteiger charge is 2.30. The van der Waals surface area contributed by atoms with E-state index < -0.39 is 17.7 Å². The van der Waals surface area contributed by atoms with Crippen LogP contribution in [0.3, 0.4) is 0 Å². The van der Waals surface area contributed by atoms with Crippen LogP contribution in [0.1, 0.15) is 40.4 Å². The smallest absolute Gasteiger partial charge is 0.416 e. The number of hydrogen-bond donors (Lipinski definition) is 2. The summed E-state index contributed by atoms with van der Waals surface area (Å²) in [7, 11) is 0. The summed E-state index contributed by atoms with van der Waals surface area (Å²) >= 11 is 0. The zero-order valence-corrected chi connectivity index (χ0v) is 20.1. The van der Waals surface area contributed by atoms with Crippen LogP contribution >= 0.6 is 0 Å². The molecule has 0 bridgehead atoms. The fraction of sp³-hybridized carbons (Fsp3) is 0.286. The molecule has 0 aliphatic heterocycles. The van der Waals surface area contributed by atoms with E-state index in [9.17, 15) is 22.8 Å². The molecule has 190 valence electrons. The maximum atomic E-state index is 12.8. The van der Waals surface area contributed by atoms with Gasteiger partial charge in [0.05, 0.1) is 18.6 Å². The molecule has 0 saturated heterocycles. The number of nitrogens with one attached hydrogen (secondary N) is 1. The molecule has 0 fully saturated rings. The number of carbonyl (C=O) groups is 2. The summed E-state index contributed by atoms with van der Waals surface area (Å²) < 4.78 is 44.3. The minimum Gasteiger partial charge on any atom is -0.493 e. The Balaban J connectivity index is 1.52. The highest BCUT2D eigenvalue weighted by atomic mass is 19.4. The largest absolute Gasteiger partial charge is 0.493 e. The van der Waals surface area contributed by atoms with E-state index in [1.807, 2.05) is 25.1 Å². The molecule has 0 heterocycles. The van der Waals surface area contributed by atoms with E-state index in [0.29, 0.717) is 17.9 Å².